The molecule has 4 N–H and O–H groups in total. The standard InChI is InChI=1S/C29H30N2O5/c1-17-8-4-6-10-21(17)30-27(34)25-23(33)16-29(3,36)26(24(25)19-12-14-20(32)15-13-19)28(35)31-22-11-7-5-9-18(22)2/h4-15,24-26,32,36H,16H2,1-3H3,(H,30,34)(H,31,35)/t24-,25+,26-,29-/m0/s1. The molecule has 0 aromatic heterocycles. The van der Waals surface area contributed by atoms with Crippen molar-refractivity contribution in [2.75, 3.05) is 10.6 Å². The Morgan fingerprint density at radius 1 is 0.833 bits per heavy atom. The van der Waals surface area contributed by atoms with Gasteiger partial charge in [0.25, 0.3) is 0 Å². The Kier molecular flexibility index (Phi) is 6.95. The minimum Gasteiger partial charge on any atom is -0.508 e. The molecule has 0 aliphatic heterocycles. The lowest BCUT2D eigenvalue weighted by Crippen LogP contribution is -2.56. The van der Waals surface area contributed by atoms with Gasteiger partial charge in [-0.3, -0.25) is 14.4 Å². The first-order valence-corrected chi connectivity index (χ1v) is 11.9. The van der Waals surface area contributed by atoms with Crippen molar-refractivity contribution < 1.29 is 24.6 Å². The van der Waals surface area contributed by atoms with Crippen LogP contribution in [0.5, 0.6) is 5.75 Å². The van der Waals surface area contributed by atoms with E-state index in [1.807, 2.05) is 38.1 Å². The van der Waals surface area contributed by atoms with E-state index in [4.69, 9.17) is 0 Å². The topological polar surface area (TPSA) is 116 Å². The third-order valence-corrected chi connectivity index (χ3v) is 6.92. The van der Waals surface area contributed by atoms with E-state index in [1.165, 1.54) is 19.1 Å². The summed E-state index contributed by atoms with van der Waals surface area (Å²) in [5.41, 5.74) is 1.62. The summed E-state index contributed by atoms with van der Waals surface area (Å²) in [6.45, 7) is 5.16. The number of ketones is 1. The first kappa shape index (κ1) is 25.1. The zero-order valence-electron chi connectivity index (χ0n) is 20.5. The van der Waals surface area contributed by atoms with Gasteiger partial charge in [-0.25, -0.2) is 0 Å². The highest BCUT2D eigenvalue weighted by Gasteiger charge is 2.56. The third kappa shape index (κ3) is 5.02. The monoisotopic (exact) mass is 486 g/mol. The molecule has 36 heavy (non-hydrogen) atoms. The SMILES string of the molecule is Cc1ccccc1NC(=O)[C@@H]1C(=O)C[C@](C)(O)[C@H](C(=O)Nc2ccccc2C)[C@H]1c1ccc(O)cc1. The van der Waals surface area contributed by atoms with Crippen LogP contribution in [0, 0.1) is 25.7 Å². The third-order valence-electron chi connectivity index (χ3n) is 6.92. The van der Waals surface area contributed by atoms with Crippen molar-refractivity contribution in [2.24, 2.45) is 11.8 Å². The lowest BCUT2D eigenvalue weighted by molar-refractivity contribution is -0.150. The molecule has 0 heterocycles. The average Bonchev–Trinajstić information content (AvgIpc) is 2.81. The summed E-state index contributed by atoms with van der Waals surface area (Å²) in [5.74, 6) is -4.78. The van der Waals surface area contributed by atoms with Gasteiger partial charge in [-0.2, -0.15) is 0 Å². The number of carbonyl (C=O) groups excluding carboxylic acids is 3. The Morgan fingerprint density at radius 2 is 1.33 bits per heavy atom. The Labute approximate surface area is 210 Å². The molecule has 7 heteroatoms. The van der Waals surface area contributed by atoms with Crippen molar-refractivity contribution in [2.45, 2.75) is 38.7 Å². The summed E-state index contributed by atoms with van der Waals surface area (Å²) >= 11 is 0. The number of hydrogen-bond donors (Lipinski definition) is 4. The summed E-state index contributed by atoms with van der Waals surface area (Å²) in [4.78, 5) is 40.6. The molecule has 7 nitrogen and oxygen atoms in total. The number of anilines is 2. The normalized spacial score (nSPS) is 23.7. The molecule has 1 fully saturated rings. The number of aryl methyl sites for hydroxylation is 2. The smallest absolute Gasteiger partial charge is 0.235 e. The molecule has 0 spiro atoms. The van der Waals surface area contributed by atoms with Gasteiger partial charge in [-0.05, 0) is 61.7 Å². The van der Waals surface area contributed by atoms with Gasteiger partial charge in [0.1, 0.15) is 17.5 Å². The molecule has 0 bridgehead atoms. The van der Waals surface area contributed by atoms with Crippen LogP contribution in [0.1, 0.15) is 36.0 Å². The van der Waals surface area contributed by atoms with E-state index in [2.05, 4.69) is 10.6 Å². The van der Waals surface area contributed by atoms with Crippen LogP contribution in [0.3, 0.4) is 0 Å². The maximum Gasteiger partial charge on any atom is 0.235 e. The predicted octanol–water partition coefficient (Wildman–Crippen LogP) is 4.33. The summed E-state index contributed by atoms with van der Waals surface area (Å²) in [7, 11) is 0. The van der Waals surface area contributed by atoms with Crippen LogP contribution in [0.15, 0.2) is 72.8 Å². The summed E-state index contributed by atoms with van der Waals surface area (Å²) < 4.78 is 0. The second-order valence-electron chi connectivity index (χ2n) is 9.68. The van der Waals surface area contributed by atoms with Crippen LogP contribution < -0.4 is 10.6 Å². The van der Waals surface area contributed by atoms with E-state index in [1.54, 1.807) is 36.4 Å². The first-order chi connectivity index (χ1) is 17.1. The largest absolute Gasteiger partial charge is 0.508 e. The number of rotatable bonds is 5. The van der Waals surface area contributed by atoms with Crippen LogP contribution >= 0.6 is 0 Å². The number of aromatic hydroxyl groups is 1. The van der Waals surface area contributed by atoms with Crippen molar-refractivity contribution >= 4 is 29.0 Å². The van der Waals surface area contributed by atoms with E-state index < -0.39 is 41.0 Å². The molecule has 1 aliphatic rings. The minimum atomic E-state index is -1.70. The van der Waals surface area contributed by atoms with E-state index >= 15 is 0 Å². The number of benzene rings is 3. The van der Waals surface area contributed by atoms with Gasteiger partial charge in [0.15, 0.2) is 0 Å². The molecule has 4 atom stereocenters. The van der Waals surface area contributed by atoms with Crippen LogP contribution in [-0.4, -0.2) is 33.4 Å². The van der Waals surface area contributed by atoms with Crippen LogP contribution in [0.25, 0.3) is 0 Å². The number of carbonyl (C=O) groups is 3. The van der Waals surface area contributed by atoms with E-state index in [9.17, 15) is 24.6 Å². The molecule has 0 saturated heterocycles. The number of aliphatic hydroxyl groups is 1. The molecular formula is C29H30N2O5. The quantitative estimate of drug-likeness (QED) is 0.401. The number of phenolic OH excluding ortho intramolecular Hbond substituents is 1. The van der Waals surface area contributed by atoms with Crippen molar-refractivity contribution in [1.82, 2.24) is 0 Å². The molecule has 2 amide bonds. The summed E-state index contributed by atoms with van der Waals surface area (Å²) in [6, 6.07) is 20.5. The Bertz CT molecular complexity index is 1300. The second kappa shape index (κ2) is 9.95. The van der Waals surface area contributed by atoms with Gasteiger partial charge in [0.2, 0.25) is 11.8 Å². The maximum atomic E-state index is 13.7. The molecule has 0 unspecified atom stereocenters. The number of phenols is 1. The number of amides is 2. The minimum absolute atomic E-state index is 0.00877. The number of nitrogens with one attached hydrogen (secondary N) is 2. The molecule has 3 aromatic rings. The lowest BCUT2D eigenvalue weighted by atomic mass is 9.61. The Morgan fingerprint density at radius 3 is 1.86 bits per heavy atom. The molecule has 1 aliphatic carbocycles. The van der Waals surface area contributed by atoms with Gasteiger partial charge in [0.05, 0.1) is 11.5 Å². The van der Waals surface area contributed by atoms with Crippen molar-refractivity contribution in [1.29, 1.82) is 0 Å². The van der Waals surface area contributed by atoms with Gasteiger partial charge in [0, 0.05) is 23.7 Å². The van der Waals surface area contributed by atoms with Crippen molar-refractivity contribution in [3.8, 4) is 5.75 Å². The number of Topliss-reactive ketones (excluding diaryl/α,β-unsaturated/α-hetero) is 1. The maximum absolute atomic E-state index is 13.7. The van der Waals surface area contributed by atoms with E-state index in [0.29, 0.717) is 16.9 Å². The highest BCUT2D eigenvalue weighted by Crippen LogP contribution is 2.47. The number of para-hydroxylation sites is 2. The number of hydrogen-bond acceptors (Lipinski definition) is 5. The van der Waals surface area contributed by atoms with Crippen LogP contribution in [0.4, 0.5) is 11.4 Å². The van der Waals surface area contributed by atoms with Gasteiger partial charge < -0.3 is 20.8 Å². The van der Waals surface area contributed by atoms with Crippen molar-refractivity contribution in [3.63, 3.8) is 0 Å². The lowest BCUT2D eigenvalue weighted by Gasteiger charge is -2.44. The van der Waals surface area contributed by atoms with E-state index in [-0.39, 0.29) is 12.2 Å². The fraction of sp³-hybridized carbons (Fsp3) is 0.276. The molecular weight excluding hydrogens is 456 g/mol. The second-order valence-corrected chi connectivity index (χ2v) is 9.68. The summed E-state index contributed by atoms with van der Waals surface area (Å²) in [6.07, 6.45) is -0.348. The fourth-order valence-electron chi connectivity index (χ4n) is 5.04. The van der Waals surface area contributed by atoms with Crippen LogP contribution in [0.2, 0.25) is 0 Å². The Balaban J connectivity index is 1.78. The van der Waals surface area contributed by atoms with Crippen LogP contribution in [-0.2, 0) is 14.4 Å². The summed E-state index contributed by atoms with van der Waals surface area (Å²) in [5, 5.41) is 26.9. The fourth-order valence-corrected chi connectivity index (χ4v) is 5.04. The molecule has 186 valence electrons. The first-order valence-electron chi connectivity index (χ1n) is 11.9. The van der Waals surface area contributed by atoms with Gasteiger partial charge in [-0.15, -0.1) is 0 Å². The zero-order chi connectivity index (χ0) is 26.0. The highest BCUT2D eigenvalue weighted by atomic mass is 16.3. The van der Waals surface area contributed by atoms with Gasteiger partial charge >= 0.3 is 0 Å². The predicted molar refractivity (Wildman–Crippen MR) is 138 cm³/mol. The molecule has 3 aromatic carbocycles. The molecule has 1 saturated carbocycles. The molecule has 4 rings (SSSR count). The van der Waals surface area contributed by atoms with E-state index in [0.717, 1.165) is 11.1 Å². The Hall–Kier alpha value is -3.97. The zero-order valence-corrected chi connectivity index (χ0v) is 20.5. The average molecular weight is 487 g/mol. The molecule has 0 radical (unpaired) electrons. The van der Waals surface area contributed by atoms with Gasteiger partial charge in [-0.1, -0.05) is 48.5 Å². The highest BCUT2D eigenvalue weighted by molar-refractivity contribution is 6.10. The van der Waals surface area contributed by atoms with Crippen molar-refractivity contribution in [3.05, 3.63) is 89.5 Å².